The molecule has 86 valence electrons. The van der Waals surface area contributed by atoms with Gasteiger partial charge in [0.25, 0.3) is 0 Å². The maximum absolute atomic E-state index is 10.8. The molecule has 2 atom stereocenters. The average molecular weight is 218 g/mol. The van der Waals surface area contributed by atoms with Gasteiger partial charge in [0, 0.05) is 0 Å². The monoisotopic (exact) mass is 218 g/mol. The molecule has 0 heterocycles. The fourth-order valence-electron chi connectivity index (χ4n) is 2.31. The summed E-state index contributed by atoms with van der Waals surface area (Å²) in [4.78, 5) is 10.8. The third-order valence-electron chi connectivity index (χ3n) is 3.44. The molecule has 2 rings (SSSR count). The second-order valence-electron chi connectivity index (χ2n) is 4.82. The minimum atomic E-state index is 0.0576. The van der Waals surface area contributed by atoms with Crippen molar-refractivity contribution in [1.29, 1.82) is 0 Å². The molecule has 0 aromatic heterocycles. The fourth-order valence-corrected chi connectivity index (χ4v) is 2.31. The van der Waals surface area contributed by atoms with E-state index in [0.29, 0.717) is 11.8 Å². The Bertz CT molecular complexity index is 409. The van der Waals surface area contributed by atoms with Crippen molar-refractivity contribution in [2.45, 2.75) is 33.1 Å². The highest BCUT2D eigenvalue weighted by atomic mass is 16.5. The number of Topliss-reactive ketones (excluding diaryl/α,β-unsaturated/α-hetero) is 1. The minimum Gasteiger partial charge on any atom is -0.486 e. The van der Waals surface area contributed by atoms with Gasteiger partial charge in [-0.1, -0.05) is 19.9 Å². The van der Waals surface area contributed by atoms with Crippen LogP contribution in [0.2, 0.25) is 0 Å². The van der Waals surface area contributed by atoms with E-state index in [1.54, 1.807) is 0 Å². The predicted octanol–water partition coefficient (Wildman–Crippen LogP) is 2.95. The van der Waals surface area contributed by atoms with Crippen LogP contribution in [0.4, 0.5) is 0 Å². The van der Waals surface area contributed by atoms with Gasteiger partial charge in [0.1, 0.15) is 12.4 Å². The number of carbonyl (C=O) groups is 1. The Hall–Kier alpha value is -1.31. The van der Waals surface area contributed by atoms with E-state index < -0.39 is 0 Å². The number of ketones is 1. The van der Waals surface area contributed by atoms with Crippen LogP contribution in [0.15, 0.2) is 18.2 Å². The molecule has 0 saturated carbocycles. The molecule has 1 unspecified atom stereocenters. The van der Waals surface area contributed by atoms with E-state index in [0.717, 1.165) is 12.2 Å². The number of hydrogen-bond donors (Lipinski definition) is 0. The van der Waals surface area contributed by atoms with Crippen LogP contribution in [-0.4, -0.2) is 12.4 Å². The van der Waals surface area contributed by atoms with Crippen molar-refractivity contribution in [3.8, 4) is 5.75 Å². The predicted molar refractivity (Wildman–Crippen MR) is 63.9 cm³/mol. The number of rotatable bonds is 3. The summed E-state index contributed by atoms with van der Waals surface area (Å²) in [5, 5.41) is 0. The maximum Gasteiger partial charge on any atom is 0.167 e. The first-order valence-corrected chi connectivity index (χ1v) is 5.83. The van der Waals surface area contributed by atoms with Crippen molar-refractivity contribution in [2.75, 3.05) is 6.61 Å². The van der Waals surface area contributed by atoms with Crippen LogP contribution in [0.3, 0.4) is 0 Å². The van der Waals surface area contributed by atoms with Crippen LogP contribution in [0.1, 0.15) is 37.8 Å². The Morgan fingerprint density at radius 2 is 2.19 bits per heavy atom. The summed E-state index contributed by atoms with van der Waals surface area (Å²) in [6.07, 6.45) is 1.12. The Balaban J connectivity index is 2.15. The molecule has 0 spiro atoms. The second kappa shape index (κ2) is 4.28. The molecule has 2 heteroatoms. The third-order valence-corrected chi connectivity index (χ3v) is 3.44. The topological polar surface area (TPSA) is 26.3 Å². The van der Waals surface area contributed by atoms with Crippen LogP contribution in [0.5, 0.6) is 5.75 Å². The first kappa shape index (κ1) is 11.2. The van der Waals surface area contributed by atoms with E-state index in [9.17, 15) is 4.79 Å². The SMILES string of the molecule is CC(=O)COc1ccc2c(c1)C[C@@H](C)C2C. The lowest BCUT2D eigenvalue weighted by molar-refractivity contribution is -0.118. The standard InChI is InChI=1S/C14H18O2/c1-9-6-12-7-13(16-8-10(2)15)4-5-14(12)11(9)3/h4-5,7,9,11H,6,8H2,1-3H3/t9-,11?/m1/s1. The van der Waals surface area contributed by atoms with Crippen LogP contribution in [-0.2, 0) is 11.2 Å². The van der Waals surface area contributed by atoms with Gasteiger partial charge in [0.2, 0.25) is 0 Å². The Labute approximate surface area is 96.6 Å². The number of ether oxygens (including phenoxy) is 1. The zero-order valence-corrected chi connectivity index (χ0v) is 10.1. The molecule has 1 aliphatic carbocycles. The van der Waals surface area contributed by atoms with Gasteiger partial charge >= 0.3 is 0 Å². The lowest BCUT2D eigenvalue weighted by Crippen LogP contribution is -2.06. The van der Waals surface area contributed by atoms with Gasteiger partial charge in [-0.15, -0.1) is 0 Å². The van der Waals surface area contributed by atoms with Gasteiger partial charge in [-0.2, -0.15) is 0 Å². The summed E-state index contributed by atoms with van der Waals surface area (Å²) in [6, 6.07) is 6.19. The zero-order chi connectivity index (χ0) is 11.7. The number of carbonyl (C=O) groups excluding carboxylic acids is 1. The summed E-state index contributed by atoms with van der Waals surface area (Å²) >= 11 is 0. The molecule has 0 amide bonds. The van der Waals surface area contributed by atoms with Crippen LogP contribution >= 0.6 is 0 Å². The summed E-state index contributed by atoms with van der Waals surface area (Å²) in [6.45, 7) is 6.26. The summed E-state index contributed by atoms with van der Waals surface area (Å²) in [7, 11) is 0. The van der Waals surface area contributed by atoms with E-state index in [1.165, 1.54) is 18.1 Å². The largest absolute Gasteiger partial charge is 0.486 e. The molecule has 2 nitrogen and oxygen atoms in total. The number of benzene rings is 1. The highest BCUT2D eigenvalue weighted by Crippen LogP contribution is 2.38. The molecular weight excluding hydrogens is 200 g/mol. The number of fused-ring (bicyclic) bond motifs is 1. The minimum absolute atomic E-state index is 0.0576. The van der Waals surface area contributed by atoms with Crippen LogP contribution < -0.4 is 4.74 Å². The lowest BCUT2D eigenvalue weighted by atomic mass is 9.97. The average Bonchev–Trinajstić information content (AvgIpc) is 2.52. The van der Waals surface area contributed by atoms with Crippen molar-refractivity contribution in [1.82, 2.24) is 0 Å². The first-order chi connectivity index (χ1) is 7.58. The molecule has 0 radical (unpaired) electrons. The highest BCUT2D eigenvalue weighted by Gasteiger charge is 2.25. The summed E-state index contributed by atoms with van der Waals surface area (Å²) < 4.78 is 5.41. The fraction of sp³-hybridized carbons (Fsp3) is 0.500. The molecule has 1 aliphatic rings. The molecule has 0 fully saturated rings. The maximum atomic E-state index is 10.8. The second-order valence-corrected chi connectivity index (χ2v) is 4.82. The molecule has 16 heavy (non-hydrogen) atoms. The van der Waals surface area contributed by atoms with E-state index in [-0.39, 0.29) is 12.4 Å². The lowest BCUT2D eigenvalue weighted by Gasteiger charge is -2.09. The Morgan fingerprint density at radius 3 is 2.88 bits per heavy atom. The molecule has 0 N–H and O–H groups in total. The van der Waals surface area contributed by atoms with Gasteiger partial charge in [0.05, 0.1) is 0 Å². The van der Waals surface area contributed by atoms with Crippen molar-refractivity contribution >= 4 is 5.78 Å². The summed E-state index contributed by atoms with van der Waals surface area (Å²) in [5.74, 6) is 2.22. The van der Waals surface area contributed by atoms with Crippen molar-refractivity contribution in [2.24, 2.45) is 5.92 Å². The van der Waals surface area contributed by atoms with E-state index in [4.69, 9.17) is 4.74 Å². The van der Waals surface area contributed by atoms with E-state index >= 15 is 0 Å². The van der Waals surface area contributed by atoms with Gasteiger partial charge in [-0.3, -0.25) is 4.79 Å². The van der Waals surface area contributed by atoms with Gasteiger partial charge in [-0.25, -0.2) is 0 Å². The van der Waals surface area contributed by atoms with Gasteiger partial charge in [-0.05, 0) is 48.4 Å². The highest BCUT2D eigenvalue weighted by molar-refractivity contribution is 5.77. The Kier molecular flexibility index (Phi) is 2.99. The first-order valence-electron chi connectivity index (χ1n) is 5.83. The van der Waals surface area contributed by atoms with Crippen molar-refractivity contribution in [3.63, 3.8) is 0 Å². The van der Waals surface area contributed by atoms with E-state index in [1.807, 2.05) is 6.07 Å². The molecular formula is C14H18O2. The van der Waals surface area contributed by atoms with Crippen molar-refractivity contribution in [3.05, 3.63) is 29.3 Å². The molecule has 0 saturated heterocycles. The van der Waals surface area contributed by atoms with Crippen LogP contribution in [0.25, 0.3) is 0 Å². The third kappa shape index (κ3) is 2.11. The van der Waals surface area contributed by atoms with E-state index in [2.05, 4.69) is 26.0 Å². The number of hydrogen-bond acceptors (Lipinski definition) is 2. The van der Waals surface area contributed by atoms with Crippen LogP contribution in [0, 0.1) is 5.92 Å². The van der Waals surface area contributed by atoms with Crippen molar-refractivity contribution < 1.29 is 9.53 Å². The molecule has 0 bridgehead atoms. The van der Waals surface area contributed by atoms with Gasteiger partial charge < -0.3 is 4.74 Å². The molecule has 1 aromatic carbocycles. The van der Waals surface area contributed by atoms with Gasteiger partial charge in [0.15, 0.2) is 5.78 Å². The summed E-state index contributed by atoms with van der Waals surface area (Å²) in [5.41, 5.74) is 2.81. The smallest absolute Gasteiger partial charge is 0.167 e. The molecule has 0 aliphatic heterocycles. The quantitative estimate of drug-likeness (QED) is 0.779. The zero-order valence-electron chi connectivity index (χ0n) is 10.1. The normalized spacial score (nSPS) is 22.9. The Morgan fingerprint density at radius 1 is 1.44 bits per heavy atom. The molecule has 1 aromatic rings.